The summed E-state index contributed by atoms with van der Waals surface area (Å²) in [6.07, 6.45) is 1.38. The van der Waals surface area contributed by atoms with Gasteiger partial charge in [-0.3, -0.25) is 0 Å². The van der Waals surface area contributed by atoms with Crippen molar-refractivity contribution in [3.05, 3.63) is 12.2 Å². The van der Waals surface area contributed by atoms with Crippen molar-refractivity contribution in [2.45, 2.75) is 18.6 Å². The summed E-state index contributed by atoms with van der Waals surface area (Å²) in [5.74, 6) is -5.00. The number of rotatable bonds is 3. The van der Waals surface area contributed by atoms with Gasteiger partial charge in [0.15, 0.2) is 11.5 Å². The molecule has 9 heteroatoms. The molecule has 2 aromatic heterocycles. The molecule has 2 heterocycles. The molecule has 0 aromatic carbocycles. The molecule has 0 spiro atoms. The number of nitrogens with two attached hydrogens (primary N) is 1. The highest BCUT2D eigenvalue weighted by molar-refractivity contribution is 5.81. The summed E-state index contributed by atoms with van der Waals surface area (Å²) >= 11 is 0. The predicted octanol–water partition coefficient (Wildman–Crippen LogP) is -1.11. The third kappa shape index (κ3) is 2.09. The summed E-state index contributed by atoms with van der Waals surface area (Å²) in [5, 5.41) is 19.5. The molecule has 2 rings (SSSR count). The van der Waals surface area contributed by atoms with E-state index in [1.165, 1.54) is 13.3 Å². The van der Waals surface area contributed by atoms with Gasteiger partial charge in [-0.05, 0) is 6.92 Å². The number of fused-ring (bicyclic) bond motifs is 1. The molecule has 0 saturated carbocycles. The molecule has 102 valence electrons. The van der Waals surface area contributed by atoms with Gasteiger partial charge in [0.25, 0.3) is 5.79 Å². The number of H-pyrrole nitrogens is 1. The first-order chi connectivity index (χ1) is 8.87. The van der Waals surface area contributed by atoms with Gasteiger partial charge in [-0.15, -0.1) is 0 Å². The standard InChI is InChI=1S/C10H13N5O4/c1-4(10(17,18)9(16)19-2)7-14-6(11)5-8(15-7)13-3-12-5/h3-4,17-18H,1-2H3,(H3,11,12,13,14,15). The number of anilines is 1. The van der Waals surface area contributed by atoms with Crippen LogP contribution in [0.4, 0.5) is 5.82 Å². The van der Waals surface area contributed by atoms with E-state index in [0.29, 0.717) is 5.52 Å². The minimum absolute atomic E-state index is 0.0208. The fraction of sp³-hybridized carbons (Fsp3) is 0.400. The third-order valence-electron chi connectivity index (χ3n) is 2.81. The van der Waals surface area contributed by atoms with Crippen LogP contribution >= 0.6 is 0 Å². The lowest BCUT2D eigenvalue weighted by molar-refractivity contribution is -0.213. The maximum absolute atomic E-state index is 11.3. The fourth-order valence-electron chi connectivity index (χ4n) is 1.57. The number of hydrogen-bond acceptors (Lipinski definition) is 8. The van der Waals surface area contributed by atoms with Crippen molar-refractivity contribution in [3.63, 3.8) is 0 Å². The van der Waals surface area contributed by atoms with Crippen LogP contribution in [0.1, 0.15) is 18.7 Å². The number of nitrogens with one attached hydrogen (secondary N) is 1. The number of esters is 1. The average Bonchev–Trinajstić information content (AvgIpc) is 2.85. The second-order valence-corrected chi connectivity index (χ2v) is 4.01. The SMILES string of the molecule is COC(=O)C(O)(O)C(C)c1nc(N)c2[nH]cnc2n1. The van der Waals surface area contributed by atoms with Crippen molar-refractivity contribution in [1.29, 1.82) is 0 Å². The number of nitrogen functional groups attached to an aromatic ring is 1. The van der Waals surface area contributed by atoms with Gasteiger partial charge in [-0.1, -0.05) is 0 Å². The van der Waals surface area contributed by atoms with Crippen LogP contribution in [0.25, 0.3) is 11.2 Å². The number of aromatic amines is 1. The Morgan fingerprint density at radius 1 is 1.53 bits per heavy atom. The Hall–Kier alpha value is -2.26. The Morgan fingerprint density at radius 2 is 2.21 bits per heavy atom. The van der Waals surface area contributed by atoms with Gasteiger partial charge in [0.05, 0.1) is 19.4 Å². The molecule has 2 aromatic rings. The largest absolute Gasteiger partial charge is 0.465 e. The van der Waals surface area contributed by atoms with Gasteiger partial charge in [0.1, 0.15) is 11.3 Å². The highest BCUT2D eigenvalue weighted by atomic mass is 16.6. The van der Waals surface area contributed by atoms with Gasteiger partial charge in [0.2, 0.25) is 0 Å². The molecule has 0 aliphatic carbocycles. The highest BCUT2D eigenvalue weighted by Crippen LogP contribution is 2.26. The molecule has 0 radical (unpaired) electrons. The molecule has 0 bridgehead atoms. The summed E-state index contributed by atoms with van der Waals surface area (Å²) < 4.78 is 4.31. The Morgan fingerprint density at radius 3 is 2.84 bits per heavy atom. The van der Waals surface area contributed by atoms with Crippen molar-refractivity contribution in [2.75, 3.05) is 12.8 Å². The summed E-state index contributed by atoms with van der Waals surface area (Å²) in [6, 6.07) is 0. The molecule has 5 N–H and O–H groups in total. The second-order valence-electron chi connectivity index (χ2n) is 4.01. The molecular weight excluding hydrogens is 254 g/mol. The molecule has 0 aliphatic heterocycles. The van der Waals surface area contributed by atoms with Crippen molar-refractivity contribution in [1.82, 2.24) is 19.9 Å². The molecule has 0 fully saturated rings. The minimum Gasteiger partial charge on any atom is -0.465 e. The molecule has 0 amide bonds. The lowest BCUT2D eigenvalue weighted by Crippen LogP contribution is -2.44. The highest BCUT2D eigenvalue weighted by Gasteiger charge is 2.43. The topological polar surface area (TPSA) is 147 Å². The quantitative estimate of drug-likeness (QED) is 0.404. The number of aromatic nitrogens is 4. The summed E-state index contributed by atoms with van der Waals surface area (Å²) in [4.78, 5) is 25.9. The summed E-state index contributed by atoms with van der Waals surface area (Å²) in [7, 11) is 1.04. The van der Waals surface area contributed by atoms with Crippen LogP contribution < -0.4 is 5.73 Å². The van der Waals surface area contributed by atoms with E-state index in [1.54, 1.807) is 0 Å². The van der Waals surface area contributed by atoms with E-state index in [-0.39, 0.29) is 17.3 Å². The van der Waals surface area contributed by atoms with Crippen molar-refractivity contribution in [2.24, 2.45) is 0 Å². The molecule has 9 nitrogen and oxygen atoms in total. The Labute approximate surface area is 107 Å². The Kier molecular flexibility index (Phi) is 3.08. The van der Waals surface area contributed by atoms with Crippen LogP contribution in [-0.2, 0) is 9.53 Å². The summed E-state index contributed by atoms with van der Waals surface area (Å²) in [5.41, 5.74) is 6.40. The van der Waals surface area contributed by atoms with E-state index in [2.05, 4.69) is 24.7 Å². The number of carbonyl (C=O) groups excluding carboxylic acids is 1. The van der Waals surface area contributed by atoms with E-state index >= 15 is 0 Å². The number of carbonyl (C=O) groups is 1. The number of ether oxygens (including phenoxy) is 1. The lowest BCUT2D eigenvalue weighted by atomic mass is 10.00. The molecule has 0 aliphatic rings. The van der Waals surface area contributed by atoms with Crippen LogP contribution in [0.5, 0.6) is 0 Å². The minimum atomic E-state index is -2.74. The van der Waals surface area contributed by atoms with Crippen LogP contribution in [-0.4, -0.2) is 49.0 Å². The third-order valence-corrected chi connectivity index (χ3v) is 2.81. The van der Waals surface area contributed by atoms with Gasteiger partial charge in [-0.2, -0.15) is 0 Å². The number of aliphatic hydroxyl groups is 2. The smallest absolute Gasteiger partial charge is 0.366 e. The van der Waals surface area contributed by atoms with E-state index in [4.69, 9.17) is 5.73 Å². The first-order valence-electron chi connectivity index (χ1n) is 5.37. The number of hydrogen-bond donors (Lipinski definition) is 4. The van der Waals surface area contributed by atoms with Crippen LogP contribution in [0.2, 0.25) is 0 Å². The van der Waals surface area contributed by atoms with Gasteiger partial charge in [0, 0.05) is 0 Å². The van der Waals surface area contributed by atoms with Crippen LogP contribution in [0, 0.1) is 0 Å². The van der Waals surface area contributed by atoms with Gasteiger partial charge in [-0.25, -0.2) is 19.7 Å². The molecule has 1 unspecified atom stereocenters. The van der Waals surface area contributed by atoms with E-state index in [0.717, 1.165) is 7.11 Å². The van der Waals surface area contributed by atoms with E-state index in [1.807, 2.05) is 0 Å². The predicted molar refractivity (Wildman–Crippen MR) is 63.7 cm³/mol. The van der Waals surface area contributed by atoms with E-state index in [9.17, 15) is 15.0 Å². The monoisotopic (exact) mass is 267 g/mol. The van der Waals surface area contributed by atoms with E-state index < -0.39 is 17.7 Å². The molecule has 0 saturated heterocycles. The zero-order valence-corrected chi connectivity index (χ0v) is 10.3. The Bertz CT molecular complexity index is 623. The molecule has 19 heavy (non-hydrogen) atoms. The zero-order chi connectivity index (χ0) is 14.2. The number of methoxy groups -OCH3 is 1. The maximum Gasteiger partial charge on any atom is 0.366 e. The lowest BCUT2D eigenvalue weighted by Gasteiger charge is -2.24. The number of imidazole rings is 1. The average molecular weight is 267 g/mol. The number of nitrogens with zero attached hydrogens (tertiary/aromatic N) is 3. The maximum atomic E-state index is 11.3. The fourth-order valence-corrected chi connectivity index (χ4v) is 1.57. The van der Waals surface area contributed by atoms with Crippen LogP contribution in [0.15, 0.2) is 6.33 Å². The second kappa shape index (κ2) is 4.44. The van der Waals surface area contributed by atoms with Gasteiger partial charge < -0.3 is 25.7 Å². The Balaban J connectivity index is 2.46. The zero-order valence-electron chi connectivity index (χ0n) is 10.3. The van der Waals surface area contributed by atoms with Gasteiger partial charge >= 0.3 is 5.97 Å². The summed E-state index contributed by atoms with van der Waals surface area (Å²) in [6.45, 7) is 1.37. The first-order valence-corrected chi connectivity index (χ1v) is 5.37. The van der Waals surface area contributed by atoms with Crippen molar-refractivity contribution >= 4 is 23.0 Å². The first kappa shape index (κ1) is 13.2. The van der Waals surface area contributed by atoms with Crippen molar-refractivity contribution in [3.8, 4) is 0 Å². The van der Waals surface area contributed by atoms with Crippen molar-refractivity contribution < 1.29 is 19.7 Å². The molecular formula is C10H13N5O4. The van der Waals surface area contributed by atoms with Crippen LogP contribution in [0.3, 0.4) is 0 Å². The molecule has 1 atom stereocenters. The normalized spacial score (nSPS) is 13.5.